The number of alkyl halides is 4. The average Bonchev–Trinajstić information content (AvgIpc) is 3.39. The lowest BCUT2D eigenvalue weighted by molar-refractivity contribution is -0.183. The summed E-state index contributed by atoms with van der Waals surface area (Å²) in [6.07, 6.45) is -2.56. The molecule has 1 aliphatic heterocycles. The second kappa shape index (κ2) is 8.50. The van der Waals surface area contributed by atoms with Gasteiger partial charge in [0.05, 0.1) is 11.3 Å². The molecule has 0 aliphatic carbocycles. The molecule has 0 N–H and O–H groups in total. The number of rotatable bonds is 5. The predicted octanol–water partition coefficient (Wildman–Crippen LogP) is 5.03. The average molecular weight is 473 g/mol. The first-order valence-corrected chi connectivity index (χ1v) is 11.0. The van der Waals surface area contributed by atoms with Crippen LogP contribution in [-0.4, -0.2) is 43.9 Å². The highest BCUT2D eigenvalue weighted by Gasteiger charge is 2.45. The van der Waals surface area contributed by atoms with E-state index in [1.807, 2.05) is 29.7 Å². The highest BCUT2D eigenvalue weighted by Crippen LogP contribution is 2.38. The van der Waals surface area contributed by atoms with Gasteiger partial charge in [-0.2, -0.15) is 18.2 Å². The summed E-state index contributed by atoms with van der Waals surface area (Å²) in [5, 5.41) is 5.00. The zero-order valence-electron chi connectivity index (χ0n) is 18.7. The third-order valence-electron chi connectivity index (χ3n) is 6.38. The molecule has 1 aliphatic rings. The molecule has 1 unspecified atom stereocenters. The molecule has 0 saturated heterocycles. The number of fused-ring (bicyclic) bond motifs is 3. The molecule has 178 valence electrons. The third-order valence-corrected chi connectivity index (χ3v) is 6.38. The normalized spacial score (nSPS) is 16.8. The first kappa shape index (κ1) is 22.5. The van der Waals surface area contributed by atoms with Crippen LogP contribution in [0, 0.1) is 6.92 Å². The molecular weight excluding hydrogens is 450 g/mol. The molecule has 3 aromatic heterocycles. The van der Waals surface area contributed by atoms with Crippen LogP contribution < -0.4 is 0 Å². The fourth-order valence-corrected chi connectivity index (χ4v) is 4.63. The van der Waals surface area contributed by atoms with Crippen molar-refractivity contribution in [2.45, 2.75) is 51.7 Å². The quantitative estimate of drug-likeness (QED) is 0.381. The van der Waals surface area contributed by atoms with Crippen LogP contribution in [-0.2, 0) is 32.6 Å². The van der Waals surface area contributed by atoms with E-state index in [1.165, 1.54) is 18.1 Å². The van der Waals surface area contributed by atoms with Gasteiger partial charge in [-0.15, -0.1) is 0 Å². The van der Waals surface area contributed by atoms with Crippen molar-refractivity contribution in [3.8, 4) is 11.5 Å². The molecule has 4 heterocycles. The molecule has 5 rings (SSSR count). The van der Waals surface area contributed by atoms with Crippen molar-refractivity contribution < 1.29 is 22.1 Å². The zero-order chi connectivity index (χ0) is 24.0. The van der Waals surface area contributed by atoms with Crippen molar-refractivity contribution in [1.29, 1.82) is 0 Å². The second-order valence-corrected chi connectivity index (χ2v) is 8.71. The zero-order valence-corrected chi connectivity index (χ0v) is 18.7. The van der Waals surface area contributed by atoms with Crippen molar-refractivity contribution in [3.63, 3.8) is 0 Å². The SMILES string of the molecule is Cc1ccc2c(c1)c1c(n2CCc2noc(-c3ccc(CF)nc3)n2)CC(C(F)(F)F)N(C)C1. The number of pyridine rings is 1. The molecule has 1 aromatic carbocycles. The van der Waals surface area contributed by atoms with Gasteiger partial charge in [-0.3, -0.25) is 9.88 Å². The summed E-state index contributed by atoms with van der Waals surface area (Å²) < 4.78 is 61.0. The van der Waals surface area contributed by atoms with Gasteiger partial charge in [0.1, 0.15) is 12.7 Å². The number of aryl methyl sites for hydroxylation is 3. The Bertz CT molecular complexity index is 1330. The van der Waals surface area contributed by atoms with E-state index in [9.17, 15) is 17.6 Å². The van der Waals surface area contributed by atoms with Crippen LogP contribution in [0.3, 0.4) is 0 Å². The molecule has 0 bridgehead atoms. The highest BCUT2D eigenvalue weighted by molar-refractivity contribution is 5.86. The summed E-state index contributed by atoms with van der Waals surface area (Å²) in [4.78, 5) is 9.76. The Morgan fingerprint density at radius 3 is 2.71 bits per heavy atom. The lowest BCUT2D eigenvalue weighted by Gasteiger charge is -2.34. The molecule has 0 amide bonds. The molecular formula is C24H23F4N5O. The van der Waals surface area contributed by atoms with Gasteiger partial charge >= 0.3 is 6.18 Å². The Hall–Kier alpha value is -3.27. The summed E-state index contributed by atoms with van der Waals surface area (Å²) in [7, 11) is 1.52. The fraction of sp³-hybridized carbons (Fsp3) is 0.375. The number of nitrogens with zero attached hydrogens (tertiary/aromatic N) is 5. The Morgan fingerprint density at radius 1 is 1.18 bits per heavy atom. The van der Waals surface area contributed by atoms with Crippen LogP contribution in [0.4, 0.5) is 17.6 Å². The van der Waals surface area contributed by atoms with Crippen LogP contribution in [0.5, 0.6) is 0 Å². The minimum Gasteiger partial charge on any atom is -0.344 e. The maximum absolute atomic E-state index is 13.7. The fourth-order valence-electron chi connectivity index (χ4n) is 4.63. The standard InChI is InChI=1S/C24H23F4N5O/c1-14-3-6-19-17(9-14)18-13-32(2)21(24(26,27)28)10-20(18)33(19)8-7-22-30-23(34-31-22)15-4-5-16(11-25)29-12-15/h3-6,9,12,21H,7-8,10-11,13H2,1-2H3. The molecule has 10 heteroatoms. The Morgan fingerprint density at radius 2 is 2.00 bits per heavy atom. The van der Waals surface area contributed by atoms with Crippen molar-refractivity contribution in [3.05, 3.63) is 64.9 Å². The molecule has 0 saturated carbocycles. The monoisotopic (exact) mass is 473 g/mol. The van der Waals surface area contributed by atoms with Crippen LogP contribution >= 0.6 is 0 Å². The van der Waals surface area contributed by atoms with E-state index in [0.717, 1.165) is 22.0 Å². The van der Waals surface area contributed by atoms with Crippen molar-refractivity contribution >= 4 is 10.9 Å². The lowest BCUT2D eigenvalue weighted by Crippen LogP contribution is -2.47. The van der Waals surface area contributed by atoms with Crippen LogP contribution in [0.15, 0.2) is 41.1 Å². The van der Waals surface area contributed by atoms with Crippen molar-refractivity contribution in [2.24, 2.45) is 0 Å². The van der Waals surface area contributed by atoms with E-state index in [4.69, 9.17) is 4.52 Å². The van der Waals surface area contributed by atoms with E-state index in [0.29, 0.717) is 35.7 Å². The summed E-state index contributed by atoms with van der Waals surface area (Å²) in [5.74, 6) is 0.703. The third kappa shape index (κ3) is 4.06. The van der Waals surface area contributed by atoms with Crippen LogP contribution in [0.2, 0.25) is 0 Å². The largest absolute Gasteiger partial charge is 0.404 e. The Balaban J connectivity index is 1.45. The smallest absolute Gasteiger partial charge is 0.344 e. The van der Waals surface area contributed by atoms with Gasteiger partial charge in [0, 0.05) is 48.7 Å². The van der Waals surface area contributed by atoms with E-state index in [2.05, 4.69) is 15.1 Å². The van der Waals surface area contributed by atoms with Crippen molar-refractivity contribution in [2.75, 3.05) is 7.05 Å². The maximum atomic E-state index is 13.7. The number of hydrogen-bond donors (Lipinski definition) is 0. The minimum absolute atomic E-state index is 0.104. The van der Waals surface area contributed by atoms with Gasteiger partial charge in [-0.25, -0.2) is 4.39 Å². The Labute approximate surface area is 193 Å². The molecule has 1 atom stereocenters. The lowest BCUT2D eigenvalue weighted by atomic mass is 9.98. The predicted molar refractivity (Wildman–Crippen MR) is 118 cm³/mol. The molecule has 0 fully saturated rings. The summed E-state index contributed by atoms with van der Waals surface area (Å²) in [6, 6.07) is 7.65. The number of likely N-dealkylation sites (N-methyl/N-ethyl adjacent to an activating group) is 1. The topological polar surface area (TPSA) is 60.0 Å². The van der Waals surface area contributed by atoms with Gasteiger partial charge in [0.15, 0.2) is 5.82 Å². The molecule has 0 radical (unpaired) electrons. The first-order chi connectivity index (χ1) is 16.2. The number of aromatic nitrogens is 4. The minimum atomic E-state index is -4.31. The van der Waals surface area contributed by atoms with Gasteiger partial charge in [-0.1, -0.05) is 16.8 Å². The van der Waals surface area contributed by atoms with E-state index >= 15 is 0 Å². The van der Waals surface area contributed by atoms with E-state index < -0.39 is 18.9 Å². The van der Waals surface area contributed by atoms with Crippen molar-refractivity contribution in [1.82, 2.24) is 24.6 Å². The summed E-state index contributed by atoms with van der Waals surface area (Å²) >= 11 is 0. The van der Waals surface area contributed by atoms with Gasteiger partial charge in [0.2, 0.25) is 0 Å². The molecule has 6 nitrogen and oxygen atoms in total. The Kier molecular flexibility index (Phi) is 5.63. The van der Waals surface area contributed by atoms with Gasteiger partial charge in [-0.05, 0) is 43.8 Å². The first-order valence-electron chi connectivity index (χ1n) is 11.0. The van der Waals surface area contributed by atoms with Gasteiger partial charge in [0.25, 0.3) is 5.89 Å². The van der Waals surface area contributed by atoms with Crippen LogP contribution in [0.25, 0.3) is 22.4 Å². The summed E-state index contributed by atoms with van der Waals surface area (Å²) in [6.45, 7) is 1.97. The second-order valence-electron chi connectivity index (χ2n) is 8.71. The number of benzene rings is 1. The number of halogens is 4. The maximum Gasteiger partial charge on any atom is 0.404 e. The van der Waals surface area contributed by atoms with E-state index in [1.54, 1.807) is 12.1 Å². The number of hydrogen-bond acceptors (Lipinski definition) is 5. The van der Waals surface area contributed by atoms with Crippen LogP contribution in [0.1, 0.15) is 28.3 Å². The summed E-state index contributed by atoms with van der Waals surface area (Å²) in [5.41, 5.74) is 4.49. The molecule has 34 heavy (non-hydrogen) atoms. The van der Waals surface area contributed by atoms with E-state index in [-0.39, 0.29) is 18.9 Å². The van der Waals surface area contributed by atoms with Gasteiger partial charge < -0.3 is 9.09 Å². The molecule has 4 aromatic rings. The molecule has 0 spiro atoms. The highest BCUT2D eigenvalue weighted by atomic mass is 19.4.